The molecule has 144 valence electrons. The number of ether oxygens (including phenoxy) is 2. The smallest absolute Gasteiger partial charge is 0.410 e. The number of carbonyl (C=O) groups is 2. The Bertz CT molecular complexity index is 755. The molecule has 0 bridgehead atoms. The van der Waals surface area contributed by atoms with Crippen molar-refractivity contribution in [3.8, 4) is 5.88 Å². The van der Waals surface area contributed by atoms with Crippen LogP contribution in [0.1, 0.15) is 26.3 Å². The summed E-state index contributed by atoms with van der Waals surface area (Å²) >= 11 is 0. The van der Waals surface area contributed by atoms with E-state index in [-0.39, 0.29) is 12.5 Å². The summed E-state index contributed by atoms with van der Waals surface area (Å²) in [5.74, 6) is 0.117. The molecule has 0 saturated carbocycles. The zero-order valence-electron chi connectivity index (χ0n) is 16.1. The normalized spacial score (nSPS) is 10.8. The molecule has 7 nitrogen and oxygen atoms in total. The maximum atomic E-state index is 12.1. The zero-order chi connectivity index (χ0) is 19.9. The van der Waals surface area contributed by atoms with Gasteiger partial charge in [0, 0.05) is 13.1 Å². The molecular weight excluding hydrogens is 346 g/mol. The maximum Gasteiger partial charge on any atom is 0.410 e. The predicted octanol–water partition coefficient (Wildman–Crippen LogP) is 3.47. The molecule has 1 aromatic heterocycles. The third-order valence-corrected chi connectivity index (χ3v) is 3.34. The maximum absolute atomic E-state index is 12.1. The van der Waals surface area contributed by atoms with Crippen molar-refractivity contribution in [2.75, 3.05) is 18.9 Å². The van der Waals surface area contributed by atoms with Gasteiger partial charge in [0.15, 0.2) is 0 Å². The lowest BCUT2D eigenvalue weighted by atomic mass is 10.2. The molecule has 0 saturated heterocycles. The second-order valence-corrected chi connectivity index (χ2v) is 7.04. The van der Waals surface area contributed by atoms with Gasteiger partial charge in [0.25, 0.3) is 0 Å². The predicted molar refractivity (Wildman–Crippen MR) is 103 cm³/mol. The largest absolute Gasteiger partial charge is 0.473 e. The number of rotatable bonds is 6. The highest BCUT2D eigenvalue weighted by Gasteiger charge is 2.21. The first-order valence-corrected chi connectivity index (χ1v) is 8.60. The van der Waals surface area contributed by atoms with E-state index in [1.807, 2.05) is 30.3 Å². The van der Waals surface area contributed by atoms with Gasteiger partial charge in [-0.3, -0.25) is 4.79 Å². The molecule has 0 unspecified atom stereocenters. The van der Waals surface area contributed by atoms with Crippen molar-refractivity contribution in [3.05, 3.63) is 54.2 Å². The van der Waals surface area contributed by atoms with Crippen LogP contribution in [0.4, 0.5) is 10.5 Å². The SMILES string of the molecule is CN(CC(=O)Nc1ccc(OCc2ccccc2)nc1)C(=O)OC(C)(C)C. The van der Waals surface area contributed by atoms with Crippen LogP contribution in [-0.4, -0.2) is 41.1 Å². The summed E-state index contributed by atoms with van der Waals surface area (Å²) in [6.07, 6.45) is 0.951. The zero-order valence-corrected chi connectivity index (χ0v) is 16.1. The standard InChI is InChI=1S/C20H25N3O4/c1-20(2,3)27-19(25)23(4)13-17(24)22-16-10-11-18(21-12-16)26-14-15-8-6-5-7-9-15/h5-12H,13-14H2,1-4H3,(H,22,24). The van der Waals surface area contributed by atoms with Crippen LogP contribution in [0.25, 0.3) is 0 Å². The van der Waals surface area contributed by atoms with Gasteiger partial charge in [-0.2, -0.15) is 0 Å². The molecule has 0 atom stereocenters. The lowest BCUT2D eigenvalue weighted by Gasteiger charge is -2.24. The van der Waals surface area contributed by atoms with E-state index < -0.39 is 11.7 Å². The minimum atomic E-state index is -0.610. The van der Waals surface area contributed by atoms with E-state index in [1.54, 1.807) is 32.9 Å². The number of pyridine rings is 1. The number of aromatic nitrogens is 1. The van der Waals surface area contributed by atoms with E-state index in [0.29, 0.717) is 18.2 Å². The topological polar surface area (TPSA) is 80.8 Å². The quantitative estimate of drug-likeness (QED) is 0.841. The van der Waals surface area contributed by atoms with E-state index in [4.69, 9.17) is 9.47 Å². The van der Waals surface area contributed by atoms with Gasteiger partial charge in [0.2, 0.25) is 11.8 Å². The van der Waals surface area contributed by atoms with Gasteiger partial charge in [-0.15, -0.1) is 0 Å². The van der Waals surface area contributed by atoms with Crippen LogP contribution in [0.2, 0.25) is 0 Å². The highest BCUT2D eigenvalue weighted by molar-refractivity contribution is 5.93. The summed E-state index contributed by atoms with van der Waals surface area (Å²) in [5.41, 5.74) is 0.952. The van der Waals surface area contributed by atoms with Crippen LogP contribution in [0.5, 0.6) is 5.88 Å². The number of likely N-dealkylation sites (N-methyl/N-ethyl adjacent to an activating group) is 1. The Hall–Kier alpha value is -3.09. The summed E-state index contributed by atoms with van der Waals surface area (Å²) in [4.78, 5) is 29.3. The molecule has 1 aromatic carbocycles. The molecule has 2 rings (SSSR count). The van der Waals surface area contributed by atoms with Crippen molar-refractivity contribution in [1.29, 1.82) is 0 Å². The van der Waals surface area contributed by atoms with E-state index in [2.05, 4.69) is 10.3 Å². The second-order valence-electron chi connectivity index (χ2n) is 7.04. The fourth-order valence-corrected chi connectivity index (χ4v) is 2.09. The molecule has 7 heteroatoms. The van der Waals surface area contributed by atoms with Crippen LogP contribution < -0.4 is 10.1 Å². The number of hydrogen-bond donors (Lipinski definition) is 1. The lowest BCUT2D eigenvalue weighted by molar-refractivity contribution is -0.117. The van der Waals surface area contributed by atoms with Crippen LogP contribution in [0.15, 0.2) is 48.7 Å². The number of hydrogen-bond acceptors (Lipinski definition) is 5. The van der Waals surface area contributed by atoms with Crippen molar-refractivity contribution in [2.45, 2.75) is 33.0 Å². The molecule has 1 N–H and O–H groups in total. The molecule has 0 fully saturated rings. The third-order valence-electron chi connectivity index (χ3n) is 3.34. The number of amides is 2. The Morgan fingerprint density at radius 3 is 2.41 bits per heavy atom. The average Bonchev–Trinajstić information content (AvgIpc) is 2.60. The number of nitrogens with one attached hydrogen (secondary N) is 1. The van der Waals surface area contributed by atoms with Crippen LogP contribution in [-0.2, 0) is 16.1 Å². The van der Waals surface area contributed by atoms with Crippen molar-refractivity contribution < 1.29 is 19.1 Å². The van der Waals surface area contributed by atoms with E-state index in [0.717, 1.165) is 5.56 Å². The Labute approximate surface area is 159 Å². The minimum absolute atomic E-state index is 0.124. The first-order valence-electron chi connectivity index (χ1n) is 8.60. The van der Waals surface area contributed by atoms with Crippen molar-refractivity contribution in [1.82, 2.24) is 9.88 Å². The summed E-state index contributed by atoms with van der Waals surface area (Å²) in [6, 6.07) is 13.1. The highest BCUT2D eigenvalue weighted by atomic mass is 16.6. The van der Waals surface area contributed by atoms with Gasteiger partial charge in [0.05, 0.1) is 11.9 Å². The second kappa shape index (κ2) is 9.02. The third kappa shape index (κ3) is 7.35. The summed E-state index contributed by atoms with van der Waals surface area (Å²) < 4.78 is 10.8. The molecule has 2 aromatic rings. The van der Waals surface area contributed by atoms with Crippen molar-refractivity contribution >= 4 is 17.7 Å². The van der Waals surface area contributed by atoms with Gasteiger partial charge >= 0.3 is 6.09 Å². The lowest BCUT2D eigenvalue weighted by Crippen LogP contribution is -2.38. The van der Waals surface area contributed by atoms with Crippen molar-refractivity contribution in [3.63, 3.8) is 0 Å². The summed E-state index contributed by atoms with van der Waals surface area (Å²) in [7, 11) is 1.51. The van der Waals surface area contributed by atoms with Crippen LogP contribution >= 0.6 is 0 Å². The molecule has 0 aliphatic rings. The molecule has 1 heterocycles. The van der Waals surface area contributed by atoms with Gasteiger partial charge < -0.3 is 19.7 Å². The molecule has 0 spiro atoms. The first kappa shape index (κ1) is 20.2. The molecule has 0 radical (unpaired) electrons. The number of nitrogens with zero attached hydrogens (tertiary/aromatic N) is 2. The van der Waals surface area contributed by atoms with E-state index in [1.165, 1.54) is 18.1 Å². The Kier molecular flexibility index (Phi) is 6.76. The van der Waals surface area contributed by atoms with Crippen LogP contribution in [0.3, 0.4) is 0 Å². The Morgan fingerprint density at radius 1 is 1.11 bits per heavy atom. The molecular formula is C20H25N3O4. The van der Waals surface area contributed by atoms with E-state index in [9.17, 15) is 9.59 Å². The van der Waals surface area contributed by atoms with Gasteiger partial charge in [-0.05, 0) is 32.4 Å². The molecule has 27 heavy (non-hydrogen) atoms. The highest BCUT2D eigenvalue weighted by Crippen LogP contribution is 2.14. The van der Waals surface area contributed by atoms with Gasteiger partial charge in [-0.25, -0.2) is 9.78 Å². The Balaban J connectivity index is 1.81. The number of anilines is 1. The molecule has 2 amide bonds. The summed E-state index contributed by atoms with van der Waals surface area (Å²) in [5, 5.41) is 2.69. The fraction of sp³-hybridized carbons (Fsp3) is 0.350. The van der Waals surface area contributed by atoms with Gasteiger partial charge in [0.1, 0.15) is 18.8 Å². The minimum Gasteiger partial charge on any atom is -0.473 e. The fourth-order valence-electron chi connectivity index (χ4n) is 2.09. The average molecular weight is 371 g/mol. The number of carbonyl (C=O) groups excluding carboxylic acids is 2. The number of benzene rings is 1. The van der Waals surface area contributed by atoms with Crippen molar-refractivity contribution in [2.24, 2.45) is 0 Å². The Morgan fingerprint density at radius 2 is 1.81 bits per heavy atom. The molecule has 0 aliphatic heterocycles. The van der Waals surface area contributed by atoms with Gasteiger partial charge in [-0.1, -0.05) is 30.3 Å². The monoisotopic (exact) mass is 371 g/mol. The van der Waals surface area contributed by atoms with Crippen LogP contribution in [0, 0.1) is 0 Å². The first-order chi connectivity index (χ1) is 12.7. The van der Waals surface area contributed by atoms with E-state index >= 15 is 0 Å². The summed E-state index contributed by atoms with van der Waals surface area (Å²) in [6.45, 7) is 5.60. The molecule has 0 aliphatic carbocycles.